The zero-order valence-electron chi connectivity index (χ0n) is 41.8. The first kappa shape index (κ1) is 50.9. The lowest BCUT2D eigenvalue weighted by atomic mass is 9.94. The number of halogens is 6. The number of ether oxygens (including phenoxy) is 3. The monoisotopic (exact) mass is 1070 g/mol. The first-order valence-corrected chi connectivity index (χ1v) is 21.8. The molecule has 3 aliphatic rings. The quantitative estimate of drug-likeness (QED) is 0.0555. The highest BCUT2D eigenvalue weighted by Gasteiger charge is 2.68. The number of aromatic nitrogens is 12. The molecule has 0 aliphatic carbocycles. The van der Waals surface area contributed by atoms with Crippen LogP contribution in [-0.4, -0.2) is 170 Å². The first-order valence-electron chi connectivity index (χ1n) is 23.9. The molecule has 0 spiro atoms. The number of imidazole rings is 3. The van der Waals surface area contributed by atoms with Crippen LogP contribution in [0.25, 0.3) is 33.5 Å². The summed E-state index contributed by atoms with van der Waals surface area (Å²) >= 11 is 0. The van der Waals surface area contributed by atoms with Crippen LogP contribution in [0, 0.1) is 37.0 Å². The maximum Gasteiger partial charge on any atom is 0.280 e. The van der Waals surface area contributed by atoms with E-state index in [1.54, 1.807) is 11.8 Å². The Balaban J connectivity index is 0.000000170. The summed E-state index contributed by atoms with van der Waals surface area (Å²) in [5, 5.41) is 57.6. The fraction of sp³-hybridized carbons (Fsp3) is 0.512. The smallest absolute Gasteiger partial charge is 0.280 e. The van der Waals surface area contributed by atoms with E-state index in [9.17, 15) is 56.0 Å². The molecule has 0 unspecified atom stereocenters. The number of H-pyrrole nitrogens is 3. The number of nitrogens with one attached hydrogen (secondary N) is 6. The summed E-state index contributed by atoms with van der Waals surface area (Å²) in [6, 6.07) is 0. The Hall–Kier alpha value is -7.61. The van der Waals surface area contributed by atoms with Crippen molar-refractivity contribution in [3.8, 4) is 37.0 Å². The molecule has 0 bridgehead atoms. The minimum absolute atomic E-state index is 0.00793. The van der Waals surface area contributed by atoms with Crippen LogP contribution in [0.3, 0.4) is 0 Å². The topological polar surface area (TPSA) is 356 Å². The molecule has 402 valence electrons. The normalized spacial score (nSPS) is 32.5. The molecule has 6 aromatic heterocycles. The van der Waals surface area contributed by atoms with Crippen molar-refractivity contribution in [3.63, 3.8) is 0 Å². The minimum atomic E-state index is -3.24. The molecular formula is C43H47F6N15O11. The number of aromatic amines is 3. The van der Waals surface area contributed by atoms with Crippen molar-refractivity contribution in [2.75, 3.05) is 48.8 Å². The molecule has 11 N–H and O–H groups in total. The van der Waals surface area contributed by atoms with Gasteiger partial charge in [0, 0.05) is 30.2 Å². The van der Waals surface area contributed by atoms with Crippen molar-refractivity contribution in [3.05, 3.63) is 50.0 Å². The van der Waals surface area contributed by atoms with Crippen LogP contribution >= 0.6 is 0 Å². The third-order valence-electron chi connectivity index (χ3n) is 11.9. The van der Waals surface area contributed by atoms with E-state index in [4.69, 9.17) is 47.8 Å². The molecule has 12 atom stereocenters. The van der Waals surface area contributed by atoms with Crippen molar-refractivity contribution >= 4 is 51.3 Å². The van der Waals surface area contributed by atoms with Gasteiger partial charge in [0.2, 0.25) is 59.0 Å². The van der Waals surface area contributed by atoms with Gasteiger partial charge in [-0.25, -0.2) is 41.3 Å². The summed E-state index contributed by atoms with van der Waals surface area (Å²) in [5.41, 5.74) is -11.0. The number of nitrogens with zero attached hydrogens (tertiary/aromatic N) is 9. The Morgan fingerprint density at radius 2 is 0.880 bits per heavy atom. The average molecular weight is 1070 g/mol. The Morgan fingerprint density at radius 1 is 0.600 bits per heavy atom. The molecule has 0 aromatic carbocycles. The van der Waals surface area contributed by atoms with Crippen LogP contribution < -0.4 is 32.6 Å². The standard InChI is InChI=1S/C15H17F2N5O3.2C14H15F2N5O4/c1-4-14(24)11(16)15(17,5-2)25-12(14)22-7-19-8-9(22)20-13(18-6-3)21-10(8)23;2*1-3-13(24)10(15)14(16,5-22)25-11(13)21-6-18-7-8(21)19-12(17-4-2)20-9(7)23/h1,7,11-12,24H,5-6H2,2-3H3,(H2,18,20,21,23);2*1,6,10-11,22,24H,4-5H2,2H3,(H2,17,19,20,23)/t11-,12+,14+,15+;2*10-,11+,13+,14+/m000/s1/i3T;2*2T. The predicted octanol–water partition coefficient (Wildman–Crippen LogP) is -0.260. The van der Waals surface area contributed by atoms with Crippen molar-refractivity contribution in [2.24, 2.45) is 0 Å². The summed E-state index contributed by atoms with van der Waals surface area (Å²) in [6.45, 7) is -0.785. The number of alkyl halides is 6. The van der Waals surface area contributed by atoms with Crippen LogP contribution in [0.5, 0.6) is 0 Å². The zero-order valence-corrected chi connectivity index (χ0v) is 38.8. The van der Waals surface area contributed by atoms with Crippen molar-refractivity contribution in [1.29, 1.82) is 0 Å². The van der Waals surface area contributed by atoms with Crippen LogP contribution in [0.4, 0.5) is 44.2 Å². The molecule has 9 rings (SSSR count). The van der Waals surface area contributed by atoms with Gasteiger partial charge in [-0.2, -0.15) is 15.0 Å². The second kappa shape index (κ2) is 20.3. The Bertz CT molecular complexity index is 3150. The molecule has 3 fully saturated rings. The van der Waals surface area contributed by atoms with Gasteiger partial charge in [-0.1, -0.05) is 24.7 Å². The van der Waals surface area contributed by atoms with Gasteiger partial charge in [0.1, 0.15) is 13.2 Å². The molecule has 0 radical (unpaired) electrons. The van der Waals surface area contributed by atoms with Crippen molar-refractivity contribution in [2.45, 2.75) is 106 Å². The largest absolute Gasteiger partial charge is 0.390 e. The summed E-state index contributed by atoms with van der Waals surface area (Å²) in [5.74, 6) is -3.90. The molecule has 6 aromatic rings. The van der Waals surface area contributed by atoms with Gasteiger partial charge in [-0.05, 0) is 20.7 Å². The van der Waals surface area contributed by atoms with E-state index < -0.39 is 101 Å². The highest BCUT2D eigenvalue weighted by atomic mass is 19.2. The molecule has 0 saturated carbocycles. The number of aliphatic hydroxyl groups is 5. The molecular weight excluding hydrogens is 1020 g/mol. The van der Waals surface area contributed by atoms with Gasteiger partial charge in [0.25, 0.3) is 28.4 Å². The van der Waals surface area contributed by atoms with Gasteiger partial charge >= 0.3 is 0 Å². The van der Waals surface area contributed by atoms with Gasteiger partial charge in [0.05, 0.1) is 19.0 Å². The number of terminal acetylenes is 3. The molecule has 3 saturated heterocycles. The van der Waals surface area contributed by atoms with Gasteiger partial charge in [0.15, 0.2) is 52.2 Å². The van der Waals surface area contributed by atoms with E-state index in [2.05, 4.69) is 60.8 Å². The number of rotatable bonds is 12. The van der Waals surface area contributed by atoms with E-state index in [1.165, 1.54) is 6.92 Å². The fourth-order valence-electron chi connectivity index (χ4n) is 8.00. The van der Waals surface area contributed by atoms with Gasteiger partial charge in [-0.15, -0.1) is 19.3 Å². The molecule has 3 aliphatic heterocycles. The summed E-state index contributed by atoms with van der Waals surface area (Å²) in [4.78, 5) is 67.2. The summed E-state index contributed by atoms with van der Waals surface area (Å²) < 4.78 is 126. The Labute approximate surface area is 421 Å². The molecule has 0 amide bonds. The highest BCUT2D eigenvalue weighted by Crippen LogP contribution is 2.50. The molecule has 26 nitrogen and oxygen atoms in total. The third kappa shape index (κ3) is 8.95. The van der Waals surface area contributed by atoms with Crippen molar-refractivity contribution in [1.82, 2.24) is 58.6 Å². The highest BCUT2D eigenvalue weighted by molar-refractivity contribution is 5.73. The van der Waals surface area contributed by atoms with E-state index in [0.29, 0.717) is 0 Å². The molecule has 9 heterocycles. The van der Waals surface area contributed by atoms with Crippen LogP contribution in [0.2, 0.25) is 0 Å². The maximum absolute atomic E-state index is 14.7. The SMILES string of the molecule is [3H]CCNc1nc2c(ncn2[C@@H]2O[C@](F)(CC)[C@@H](F)[C@]2(O)C#C)c(=O)[nH]1.[3H]CCNc1nc2c(ncn2[C@@H]2O[C@](F)(CO)[C@@H](F)[C@]2(O)C#C)c(=O)[nH]1.[3H]CCNc1nc2c(ncn2[C@@H]2O[C@](F)(CO)[C@@H](F)[C@]2(O)C#C)c(=O)[nH]1. The third-order valence-corrected chi connectivity index (χ3v) is 11.9. The van der Waals surface area contributed by atoms with E-state index in [0.717, 1.165) is 32.7 Å². The predicted molar refractivity (Wildman–Crippen MR) is 249 cm³/mol. The number of anilines is 3. The Kier molecular flexibility index (Phi) is 13.7. The summed E-state index contributed by atoms with van der Waals surface area (Å²) in [7, 11) is 0. The van der Waals surface area contributed by atoms with E-state index in [1.807, 2.05) is 5.92 Å². The Morgan fingerprint density at radius 3 is 1.13 bits per heavy atom. The molecule has 75 heavy (non-hydrogen) atoms. The van der Waals surface area contributed by atoms with Crippen LogP contribution in [-0.2, 0) is 14.2 Å². The second-order valence-corrected chi connectivity index (χ2v) is 16.4. The minimum Gasteiger partial charge on any atom is -0.390 e. The van der Waals surface area contributed by atoms with Crippen LogP contribution in [0.15, 0.2) is 33.4 Å². The van der Waals surface area contributed by atoms with Gasteiger partial charge < -0.3 is 55.7 Å². The lowest BCUT2D eigenvalue weighted by Crippen LogP contribution is -2.47. The average Bonchev–Trinajstić information content (AvgIpc) is 4.46. The lowest BCUT2D eigenvalue weighted by Gasteiger charge is -2.24. The van der Waals surface area contributed by atoms with Crippen molar-refractivity contribution < 1.29 is 70.2 Å². The fourth-order valence-corrected chi connectivity index (χ4v) is 8.00. The number of hydrogen-bond acceptors (Lipinski definition) is 20. The first-order chi connectivity index (χ1) is 36.9. The number of aliphatic hydroxyl groups excluding tert-OH is 2. The number of fused-ring (bicyclic) bond motifs is 3. The van der Waals surface area contributed by atoms with Crippen LogP contribution in [0.1, 0.15) is 56.8 Å². The zero-order chi connectivity index (χ0) is 57.3. The van der Waals surface area contributed by atoms with E-state index >= 15 is 0 Å². The number of hydrogen-bond donors (Lipinski definition) is 11. The van der Waals surface area contributed by atoms with Gasteiger partial charge in [-0.3, -0.25) is 43.0 Å². The second-order valence-electron chi connectivity index (χ2n) is 16.4. The molecule has 32 heteroatoms. The maximum atomic E-state index is 14.7. The lowest BCUT2D eigenvalue weighted by molar-refractivity contribution is -0.195. The van der Waals surface area contributed by atoms with E-state index in [-0.39, 0.29) is 98.1 Å². The summed E-state index contributed by atoms with van der Waals surface area (Å²) in [6.07, 6.45) is 4.94.